The highest BCUT2D eigenvalue weighted by atomic mass is 35.5. The SMILES string of the molecule is Cc1cc(C)cc(C(=O)N(C)C[C@@H](CCN2CCC3(CC2)CN(C)c2ccccc23)c2ccc(Cl)c(Cl)c2)c1. The van der Waals surface area contributed by atoms with Gasteiger partial charge < -0.3 is 14.7 Å². The first-order valence-electron chi connectivity index (χ1n) is 14.0. The van der Waals surface area contributed by atoms with Crippen LogP contribution >= 0.6 is 23.2 Å². The van der Waals surface area contributed by atoms with Crippen molar-refractivity contribution in [1.29, 1.82) is 0 Å². The fraction of sp³-hybridized carbons (Fsp3) is 0.424. The van der Waals surface area contributed by atoms with Crippen LogP contribution in [0.15, 0.2) is 60.7 Å². The van der Waals surface area contributed by atoms with Crippen LogP contribution < -0.4 is 4.90 Å². The molecule has 1 amide bonds. The van der Waals surface area contributed by atoms with Gasteiger partial charge in [0.2, 0.25) is 0 Å². The van der Waals surface area contributed by atoms with Gasteiger partial charge in [-0.2, -0.15) is 0 Å². The molecule has 39 heavy (non-hydrogen) atoms. The maximum atomic E-state index is 13.4. The number of carbonyl (C=O) groups is 1. The number of likely N-dealkylation sites (tertiary alicyclic amines) is 1. The number of hydrogen-bond donors (Lipinski definition) is 0. The first kappa shape index (κ1) is 28.0. The number of piperidine rings is 1. The lowest BCUT2D eigenvalue weighted by atomic mass is 9.74. The molecular formula is C33H39Cl2N3O. The Morgan fingerprint density at radius 3 is 2.36 bits per heavy atom. The van der Waals surface area contributed by atoms with E-state index in [4.69, 9.17) is 23.2 Å². The van der Waals surface area contributed by atoms with E-state index in [0.29, 0.717) is 16.6 Å². The van der Waals surface area contributed by atoms with Gasteiger partial charge in [-0.15, -0.1) is 0 Å². The quantitative estimate of drug-likeness (QED) is 0.301. The van der Waals surface area contributed by atoms with Crippen LogP contribution in [-0.4, -0.2) is 62.5 Å². The molecule has 2 aliphatic rings. The number of fused-ring (bicyclic) bond motifs is 2. The van der Waals surface area contributed by atoms with Crippen LogP contribution in [0.1, 0.15) is 57.8 Å². The highest BCUT2D eigenvalue weighted by Gasteiger charge is 2.43. The highest BCUT2D eigenvalue weighted by Crippen LogP contribution is 2.46. The number of anilines is 1. The Labute approximate surface area is 243 Å². The van der Waals surface area contributed by atoms with E-state index >= 15 is 0 Å². The minimum Gasteiger partial charge on any atom is -0.373 e. The summed E-state index contributed by atoms with van der Waals surface area (Å²) in [6, 6.07) is 20.9. The lowest BCUT2D eigenvalue weighted by Crippen LogP contribution is -2.45. The molecule has 0 radical (unpaired) electrons. The zero-order valence-corrected chi connectivity index (χ0v) is 25.0. The molecule has 3 aromatic carbocycles. The first-order valence-corrected chi connectivity index (χ1v) is 14.7. The summed E-state index contributed by atoms with van der Waals surface area (Å²) >= 11 is 12.7. The van der Waals surface area contributed by atoms with E-state index in [9.17, 15) is 4.79 Å². The molecule has 206 valence electrons. The maximum absolute atomic E-state index is 13.4. The normalized spacial score (nSPS) is 17.3. The second-order valence-electron chi connectivity index (χ2n) is 11.7. The second kappa shape index (κ2) is 11.5. The number of hydrogen-bond acceptors (Lipinski definition) is 3. The third kappa shape index (κ3) is 5.99. The van der Waals surface area contributed by atoms with E-state index in [-0.39, 0.29) is 17.2 Å². The predicted molar refractivity (Wildman–Crippen MR) is 164 cm³/mol. The van der Waals surface area contributed by atoms with E-state index in [1.807, 2.05) is 50.1 Å². The lowest BCUT2D eigenvalue weighted by molar-refractivity contribution is 0.0780. The zero-order chi connectivity index (χ0) is 27.7. The van der Waals surface area contributed by atoms with Crippen LogP contribution in [0.5, 0.6) is 0 Å². The molecule has 0 bridgehead atoms. The van der Waals surface area contributed by atoms with E-state index in [1.54, 1.807) is 0 Å². The Bertz CT molecular complexity index is 1330. The predicted octanol–water partition coefficient (Wildman–Crippen LogP) is 7.34. The molecule has 1 saturated heterocycles. The maximum Gasteiger partial charge on any atom is 0.253 e. The zero-order valence-electron chi connectivity index (χ0n) is 23.5. The van der Waals surface area contributed by atoms with Crippen LogP contribution in [0.2, 0.25) is 10.0 Å². The Morgan fingerprint density at radius 2 is 1.67 bits per heavy atom. The molecule has 0 aliphatic carbocycles. The van der Waals surface area contributed by atoms with Gasteiger partial charge in [-0.25, -0.2) is 0 Å². The molecule has 1 spiro atoms. The number of rotatable bonds is 7. The summed E-state index contributed by atoms with van der Waals surface area (Å²) in [5.41, 5.74) is 7.26. The number of halogens is 2. The molecule has 4 nitrogen and oxygen atoms in total. The number of likely N-dealkylation sites (N-methyl/N-ethyl adjacent to an activating group) is 2. The van der Waals surface area contributed by atoms with Gasteiger partial charge >= 0.3 is 0 Å². The van der Waals surface area contributed by atoms with Gasteiger partial charge in [0.15, 0.2) is 0 Å². The van der Waals surface area contributed by atoms with Gasteiger partial charge in [0.05, 0.1) is 10.0 Å². The minimum atomic E-state index is 0.0517. The van der Waals surface area contributed by atoms with Gasteiger partial charge in [-0.1, -0.05) is 64.7 Å². The van der Waals surface area contributed by atoms with Crippen LogP contribution in [0, 0.1) is 13.8 Å². The van der Waals surface area contributed by atoms with Crippen molar-refractivity contribution in [2.75, 3.05) is 51.7 Å². The molecule has 3 aromatic rings. The summed E-state index contributed by atoms with van der Waals surface area (Å²) in [4.78, 5) is 20.3. The van der Waals surface area contributed by atoms with Crippen molar-refractivity contribution in [3.8, 4) is 0 Å². The topological polar surface area (TPSA) is 26.8 Å². The minimum absolute atomic E-state index is 0.0517. The van der Waals surface area contributed by atoms with Crippen molar-refractivity contribution in [2.24, 2.45) is 0 Å². The molecular weight excluding hydrogens is 525 g/mol. The monoisotopic (exact) mass is 563 g/mol. The Balaban J connectivity index is 1.27. The summed E-state index contributed by atoms with van der Waals surface area (Å²) in [5.74, 6) is 0.213. The van der Waals surface area contributed by atoms with Crippen molar-refractivity contribution in [3.05, 3.63) is 98.5 Å². The Hall–Kier alpha value is -2.53. The smallest absolute Gasteiger partial charge is 0.253 e. The van der Waals surface area contributed by atoms with Crippen LogP contribution in [0.3, 0.4) is 0 Å². The standard InChI is InChI=1S/C33H39Cl2N3O/c1-23-17-24(2)19-27(18-23)32(39)36(3)21-26(25-9-10-29(34)30(35)20-25)11-14-38-15-12-33(13-16-38)22-37(4)31-8-6-5-7-28(31)33/h5-10,17-20,26H,11-16,21-22H2,1-4H3/t26-/m1/s1. The Morgan fingerprint density at radius 1 is 0.974 bits per heavy atom. The third-order valence-electron chi connectivity index (χ3n) is 8.76. The van der Waals surface area contributed by atoms with Crippen molar-refractivity contribution < 1.29 is 4.79 Å². The number of benzene rings is 3. The van der Waals surface area contributed by atoms with Crippen molar-refractivity contribution in [1.82, 2.24) is 9.80 Å². The van der Waals surface area contributed by atoms with Crippen molar-refractivity contribution in [3.63, 3.8) is 0 Å². The summed E-state index contributed by atoms with van der Waals surface area (Å²) < 4.78 is 0. The number of amides is 1. The van der Waals surface area contributed by atoms with E-state index in [2.05, 4.69) is 53.2 Å². The van der Waals surface area contributed by atoms with Crippen molar-refractivity contribution >= 4 is 34.8 Å². The van der Waals surface area contributed by atoms with Crippen LogP contribution in [0.4, 0.5) is 5.69 Å². The molecule has 0 N–H and O–H groups in total. The third-order valence-corrected chi connectivity index (χ3v) is 9.50. The van der Waals surface area contributed by atoms with Gasteiger partial charge in [0, 0.05) is 49.8 Å². The molecule has 1 fully saturated rings. The summed E-state index contributed by atoms with van der Waals surface area (Å²) in [7, 11) is 4.13. The summed E-state index contributed by atoms with van der Waals surface area (Å²) in [5, 5.41) is 1.12. The van der Waals surface area contributed by atoms with E-state index in [0.717, 1.165) is 54.9 Å². The van der Waals surface area contributed by atoms with Crippen molar-refractivity contribution in [2.45, 2.75) is 44.4 Å². The fourth-order valence-electron chi connectivity index (χ4n) is 6.71. The molecule has 1 atom stereocenters. The number of para-hydroxylation sites is 1. The first-order chi connectivity index (χ1) is 18.6. The molecule has 0 aromatic heterocycles. The molecule has 2 aliphatic heterocycles. The summed E-state index contributed by atoms with van der Waals surface area (Å²) in [6.07, 6.45) is 3.31. The Kier molecular flexibility index (Phi) is 8.28. The molecule has 5 rings (SSSR count). The second-order valence-corrected chi connectivity index (χ2v) is 12.5. The van der Waals surface area contributed by atoms with E-state index in [1.165, 1.54) is 24.1 Å². The van der Waals surface area contributed by atoms with Gasteiger partial charge in [-0.3, -0.25) is 4.79 Å². The molecule has 0 unspecified atom stereocenters. The largest absolute Gasteiger partial charge is 0.373 e. The number of carbonyl (C=O) groups excluding carboxylic acids is 1. The molecule has 0 saturated carbocycles. The fourth-order valence-corrected chi connectivity index (χ4v) is 7.02. The number of aryl methyl sites for hydroxylation is 2. The van der Waals surface area contributed by atoms with Gasteiger partial charge in [-0.05, 0) is 94.2 Å². The average molecular weight is 565 g/mol. The summed E-state index contributed by atoms with van der Waals surface area (Å²) in [6.45, 7) is 8.98. The highest BCUT2D eigenvalue weighted by molar-refractivity contribution is 6.42. The van der Waals surface area contributed by atoms with E-state index < -0.39 is 0 Å². The molecule has 6 heteroatoms. The van der Waals surface area contributed by atoms with Crippen LogP contribution in [0.25, 0.3) is 0 Å². The molecule has 2 heterocycles. The lowest BCUT2D eigenvalue weighted by Gasteiger charge is -2.40. The van der Waals surface area contributed by atoms with Crippen LogP contribution in [-0.2, 0) is 5.41 Å². The van der Waals surface area contributed by atoms with Gasteiger partial charge in [0.1, 0.15) is 0 Å². The van der Waals surface area contributed by atoms with Gasteiger partial charge in [0.25, 0.3) is 5.91 Å². The average Bonchev–Trinajstić information content (AvgIpc) is 3.19. The number of nitrogens with zero attached hydrogens (tertiary/aromatic N) is 3.